The first-order valence-corrected chi connectivity index (χ1v) is 4.05. The minimum Gasteiger partial charge on any atom is -0.475 e. The third-order valence-electron chi connectivity index (χ3n) is 1.73. The van der Waals surface area contributed by atoms with Gasteiger partial charge in [0.15, 0.2) is 0 Å². The number of nitrogens with one attached hydrogen (secondary N) is 1. The van der Waals surface area contributed by atoms with Crippen molar-refractivity contribution < 1.29 is 33.3 Å². The Kier molecular flexibility index (Phi) is 4.98. The van der Waals surface area contributed by atoms with Gasteiger partial charge >= 0.3 is 12.1 Å². The van der Waals surface area contributed by atoms with Crippen LogP contribution in [0.2, 0.25) is 0 Å². The minimum atomic E-state index is -5.08. The molecule has 4 N–H and O–H groups in total. The molecule has 0 spiro atoms. The SMILES string of the molecule is O=C(O)C(F)(F)F.OCCC1(O)CNC1. The molecule has 0 aromatic rings. The first-order chi connectivity index (χ1) is 6.71. The van der Waals surface area contributed by atoms with E-state index in [1.807, 2.05) is 0 Å². The topological polar surface area (TPSA) is 89.8 Å². The van der Waals surface area contributed by atoms with E-state index in [1.54, 1.807) is 0 Å². The summed E-state index contributed by atoms with van der Waals surface area (Å²) in [5, 5.41) is 27.6. The summed E-state index contributed by atoms with van der Waals surface area (Å²) in [7, 11) is 0. The van der Waals surface area contributed by atoms with Crippen LogP contribution in [0.25, 0.3) is 0 Å². The van der Waals surface area contributed by atoms with E-state index in [1.165, 1.54) is 0 Å². The van der Waals surface area contributed by atoms with E-state index >= 15 is 0 Å². The van der Waals surface area contributed by atoms with E-state index in [-0.39, 0.29) is 6.61 Å². The molecule has 1 fully saturated rings. The predicted octanol–water partition coefficient (Wildman–Crippen LogP) is -0.664. The number of carbonyl (C=O) groups is 1. The van der Waals surface area contributed by atoms with Gasteiger partial charge in [0.25, 0.3) is 0 Å². The molecule has 0 aromatic heterocycles. The number of β-amino-alcohol motifs (C(OH)–C–C–N with tert-alkyl or cyclic N) is 1. The molecule has 90 valence electrons. The van der Waals surface area contributed by atoms with Gasteiger partial charge in [-0.25, -0.2) is 4.79 Å². The van der Waals surface area contributed by atoms with Gasteiger partial charge in [-0.15, -0.1) is 0 Å². The van der Waals surface area contributed by atoms with Gasteiger partial charge in [0, 0.05) is 26.1 Å². The normalized spacial score (nSPS) is 18.5. The number of aliphatic hydroxyl groups is 2. The number of aliphatic carboxylic acids is 1. The summed E-state index contributed by atoms with van der Waals surface area (Å²) in [6.45, 7) is 1.35. The van der Waals surface area contributed by atoms with Crippen LogP contribution in [0.5, 0.6) is 0 Å². The number of hydrogen-bond donors (Lipinski definition) is 4. The van der Waals surface area contributed by atoms with Gasteiger partial charge in [-0.1, -0.05) is 0 Å². The van der Waals surface area contributed by atoms with Crippen LogP contribution in [-0.2, 0) is 4.79 Å². The molecule has 15 heavy (non-hydrogen) atoms. The maximum absolute atomic E-state index is 10.6. The fourth-order valence-corrected chi connectivity index (χ4v) is 0.798. The molecular formula is C7H12F3NO4. The lowest BCUT2D eigenvalue weighted by molar-refractivity contribution is -0.192. The van der Waals surface area contributed by atoms with Gasteiger partial charge in [-0.3, -0.25) is 0 Å². The van der Waals surface area contributed by atoms with Crippen LogP contribution in [0.1, 0.15) is 6.42 Å². The highest BCUT2D eigenvalue weighted by molar-refractivity contribution is 5.73. The average Bonchev–Trinajstić information content (AvgIpc) is 2.01. The fraction of sp³-hybridized carbons (Fsp3) is 0.857. The maximum Gasteiger partial charge on any atom is 0.490 e. The maximum atomic E-state index is 10.6. The molecule has 5 nitrogen and oxygen atoms in total. The van der Waals surface area contributed by atoms with E-state index in [4.69, 9.17) is 15.0 Å². The van der Waals surface area contributed by atoms with Crippen molar-refractivity contribution in [2.24, 2.45) is 0 Å². The Morgan fingerprint density at radius 3 is 1.87 bits per heavy atom. The Balaban J connectivity index is 0.000000265. The van der Waals surface area contributed by atoms with Crippen LogP contribution in [0, 0.1) is 0 Å². The van der Waals surface area contributed by atoms with E-state index in [2.05, 4.69) is 5.32 Å². The first-order valence-electron chi connectivity index (χ1n) is 4.05. The number of halogens is 3. The summed E-state index contributed by atoms with van der Waals surface area (Å²) in [5.74, 6) is -2.76. The van der Waals surface area contributed by atoms with Gasteiger partial charge in [0.1, 0.15) is 0 Å². The molecule has 1 aliphatic rings. The van der Waals surface area contributed by atoms with Crippen LogP contribution < -0.4 is 5.32 Å². The van der Waals surface area contributed by atoms with E-state index < -0.39 is 17.7 Å². The van der Waals surface area contributed by atoms with Crippen molar-refractivity contribution in [3.63, 3.8) is 0 Å². The summed E-state index contributed by atoms with van der Waals surface area (Å²) in [4.78, 5) is 8.90. The van der Waals surface area contributed by atoms with E-state index in [9.17, 15) is 18.3 Å². The van der Waals surface area contributed by atoms with Crippen LogP contribution in [0.3, 0.4) is 0 Å². The first kappa shape index (κ1) is 14.1. The number of alkyl halides is 3. The summed E-state index contributed by atoms with van der Waals surface area (Å²) < 4.78 is 31.7. The smallest absolute Gasteiger partial charge is 0.475 e. The Hall–Kier alpha value is -0.860. The van der Waals surface area contributed by atoms with Crippen molar-refractivity contribution in [1.29, 1.82) is 0 Å². The van der Waals surface area contributed by atoms with Crippen molar-refractivity contribution in [2.45, 2.75) is 18.2 Å². The molecule has 8 heteroatoms. The van der Waals surface area contributed by atoms with E-state index in [0.717, 1.165) is 0 Å². The van der Waals surface area contributed by atoms with Crippen molar-refractivity contribution in [1.82, 2.24) is 5.32 Å². The molecule has 0 saturated carbocycles. The summed E-state index contributed by atoms with van der Waals surface area (Å²) >= 11 is 0. The van der Waals surface area contributed by atoms with Crippen LogP contribution >= 0.6 is 0 Å². The molecule has 1 aliphatic heterocycles. The molecule has 1 saturated heterocycles. The number of rotatable bonds is 2. The third kappa shape index (κ3) is 5.55. The molecule has 0 bridgehead atoms. The molecule has 0 aromatic carbocycles. The van der Waals surface area contributed by atoms with Crippen molar-refractivity contribution in [2.75, 3.05) is 19.7 Å². The number of hydrogen-bond acceptors (Lipinski definition) is 4. The lowest BCUT2D eigenvalue weighted by Gasteiger charge is -2.36. The minimum absolute atomic E-state index is 0.0815. The summed E-state index contributed by atoms with van der Waals surface area (Å²) in [6.07, 6.45) is -4.58. The van der Waals surface area contributed by atoms with Crippen LogP contribution in [0.4, 0.5) is 13.2 Å². The second-order valence-electron chi connectivity index (χ2n) is 3.10. The molecule has 1 heterocycles. The zero-order valence-corrected chi connectivity index (χ0v) is 7.71. The quantitative estimate of drug-likeness (QED) is 0.506. The highest BCUT2D eigenvalue weighted by Gasteiger charge is 2.38. The molecule has 0 atom stereocenters. The Morgan fingerprint density at radius 2 is 1.80 bits per heavy atom. The highest BCUT2D eigenvalue weighted by atomic mass is 19.4. The van der Waals surface area contributed by atoms with Crippen molar-refractivity contribution >= 4 is 5.97 Å². The monoisotopic (exact) mass is 231 g/mol. The van der Waals surface area contributed by atoms with Crippen molar-refractivity contribution in [3.8, 4) is 0 Å². The zero-order chi connectivity index (χ0) is 12.1. The Morgan fingerprint density at radius 1 is 1.40 bits per heavy atom. The molecular weight excluding hydrogens is 219 g/mol. The number of aliphatic hydroxyl groups excluding tert-OH is 1. The van der Waals surface area contributed by atoms with Gasteiger partial charge in [-0.05, 0) is 0 Å². The molecule has 0 amide bonds. The molecule has 1 rings (SSSR count). The van der Waals surface area contributed by atoms with Gasteiger partial charge in [-0.2, -0.15) is 13.2 Å². The van der Waals surface area contributed by atoms with Gasteiger partial charge in [0.2, 0.25) is 0 Å². The number of carboxylic acids is 1. The van der Waals surface area contributed by atoms with Gasteiger partial charge < -0.3 is 20.6 Å². The second-order valence-corrected chi connectivity index (χ2v) is 3.10. The van der Waals surface area contributed by atoms with E-state index in [0.29, 0.717) is 19.5 Å². The number of carboxylic acid groups (broad SMARTS) is 1. The van der Waals surface area contributed by atoms with Crippen LogP contribution in [0.15, 0.2) is 0 Å². The average molecular weight is 231 g/mol. The Labute approximate surface area is 83.5 Å². The highest BCUT2D eigenvalue weighted by Crippen LogP contribution is 2.13. The standard InChI is InChI=1S/C5H11NO2.C2HF3O2/c7-2-1-5(8)3-6-4-5;3-2(4,5)1(6)7/h6-8H,1-4H2;(H,6,7). The third-order valence-corrected chi connectivity index (χ3v) is 1.73. The molecule has 0 unspecified atom stereocenters. The Bertz CT molecular complexity index is 215. The van der Waals surface area contributed by atoms with Crippen LogP contribution in [-0.4, -0.2) is 52.8 Å². The van der Waals surface area contributed by atoms with Gasteiger partial charge in [0.05, 0.1) is 5.60 Å². The lowest BCUT2D eigenvalue weighted by Crippen LogP contribution is -2.59. The van der Waals surface area contributed by atoms with Crippen molar-refractivity contribution in [3.05, 3.63) is 0 Å². The predicted molar refractivity (Wildman–Crippen MR) is 43.2 cm³/mol. The molecule has 0 radical (unpaired) electrons. The fourth-order valence-electron chi connectivity index (χ4n) is 0.798. The summed E-state index contributed by atoms with van der Waals surface area (Å²) in [5.41, 5.74) is -0.589. The molecule has 0 aliphatic carbocycles. The second kappa shape index (κ2) is 5.29. The lowest BCUT2D eigenvalue weighted by atomic mass is 9.94. The zero-order valence-electron chi connectivity index (χ0n) is 7.71. The largest absolute Gasteiger partial charge is 0.490 e. The summed E-state index contributed by atoms with van der Waals surface area (Å²) in [6, 6.07) is 0.